The maximum atomic E-state index is 11.7. The van der Waals surface area contributed by atoms with E-state index < -0.39 is 17.6 Å². The first-order chi connectivity index (χ1) is 6.81. The van der Waals surface area contributed by atoms with Crippen LogP contribution in [0.15, 0.2) is 4.99 Å². The van der Waals surface area contributed by atoms with E-state index >= 15 is 0 Å². The molecule has 4 nitrogen and oxygen atoms in total. The molecule has 2 unspecified atom stereocenters. The Balaban J connectivity index is 4.64. The Hall–Kier alpha value is -1.15. The molecule has 0 N–H and O–H groups in total. The van der Waals surface area contributed by atoms with Crippen molar-refractivity contribution in [3.05, 3.63) is 0 Å². The molecule has 0 radical (unpaired) electrons. The summed E-state index contributed by atoms with van der Waals surface area (Å²) in [4.78, 5) is 25.4. The van der Waals surface area contributed by atoms with Gasteiger partial charge in [0.25, 0.3) is 0 Å². The lowest BCUT2D eigenvalue weighted by atomic mass is 10.00. The van der Waals surface area contributed by atoms with Crippen LogP contribution >= 0.6 is 0 Å². The van der Waals surface area contributed by atoms with Crippen molar-refractivity contribution >= 4 is 12.0 Å². The van der Waals surface area contributed by atoms with E-state index in [0.29, 0.717) is 0 Å². The number of carbonyl (C=O) groups excluding carboxylic acids is 2. The Morgan fingerprint density at radius 1 is 1.47 bits per heavy atom. The largest absolute Gasteiger partial charge is 0.458 e. The van der Waals surface area contributed by atoms with Crippen LogP contribution in [0.4, 0.5) is 0 Å². The number of rotatable bonds is 4. The monoisotopic (exact) mass is 213 g/mol. The smallest absolute Gasteiger partial charge is 0.332 e. The third-order valence-electron chi connectivity index (χ3n) is 2.02. The molecule has 0 spiro atoms. The average Bonchev–Trinajstić information content (AvgIpc) is 2.10. The SMILES string of the molecule is CCC(C)C(N=C=O)C(=O)OC(C)(C)C. The van der Waals surface area contributed by atoms with Crippen molar-refractivity contribution in [3.8, 4) is 0 Å². The topological polar surface area (TPSA) is 55.7 Å². The summed E-state index contributed by atoms with van der Waals surface area (Å²) in [6.45, 7) is 9.13. The van der Waals surface area contributed by atoms with Crippen LogP contribution in [0.3, 0.4) is 0 Å². The molecule has 0 rings (SSSR count). The minimum absolute atomic E-state index is 0.0127. The molecule has 0 amide bonds. The lowest BCUT2D eigenvalue weighted by Crippen LogP contribution is -2.34. The number of ether oxygens (including phenoxy) is 1. The molecule has 86 valence electrons. The summed E-state index contributed by atoms with van der Waals surface area (Å²) in [5.74, 6) is -0.471. The standard InChI is InChI=1S/C11H19NO3/c1-6-8(2)9(12-7-13)10(14)15-11(3,4)5/h8-9H,6H2,1-5H3. The van der Waals surface area contributed by atoms with Gasteiger partial charge >= 0.3 is 5.97 Å². The zero-order valence-corrected chi connectivity index (χ0v) is 10.0. The van der Waals surface area contributed by atoms with E-state index in [1.165, 1.54) is 6.08 Å². The minimum Gasteiger partial charge on any atom is -0.458 e. The van der Waals surface area contributed by atoms with Gasteiger partial charge in [0.1, 0.15) is 5.60 Å². The lowest BCUT2D eigenvalue weighted by Gasteiger charge is -2.23. The van der Waals surface area contributed by atoms with Gasteiger partial charge in [-0.05, 0) is 26.7 Å². The van der Waals surface area contributed by atoms with Gasteiger partial charge in [-0.1, -0.05) is 20.3 Å². The number of carbonyl (C=O) groups is 1. The van der Waals surface area contributed by atoms with E-state index in [1.807, 2.05) is 13.8 Å². The quantitative estimate of drug-likeness (QED) is 0.408. The molecule has 0 aliphatic heterocycles. The number of esters is 1. The second kappa shape index (κ2) is 5.66. The molecule has 4 heteroatoms. The molecule has 0 bridgehead atoms. The van der Waals surface area contributed by atoms with Crippen LogP contribution in [0, 0.1) is 5.92 Å². The second-order valence-corrected chi connectivity index (χ2v) is 4.58. The van der Waals surface area contributed by atoms with E-state index in [9.17, 15) is 9.59 Å². The first-order valence-electron chi connectivity index (χ1n) is 5.11. The van der Waals surface area contributed by atoms with E-state index in [2.05, 4.69) is 4.99 Å². The average molecular weight is 213 g/mol. The summed E-state index contributed by atoms with van der Waals surface area (Å²) in [6.07, 6.45) is 2.18. The molecule has 0 aliphatic rings. The summed E-state index contributed by atoms with van der Waals surface area (Å²) >= 11 is 0. The fourth-order valence-corrected chi connectivity index (χ4v) is 1.05. The van der Waals surface area contributed by atoms with Gasteiger partial charge < -0.3 is 4.74 Å². The summed E-state index contributed by atoms with van der Waals surface area (Å²) in [6, 6.07) is -0.730. The first-order valence-corrected chi connectivity index (χ1v) is 5.11. The summed E-state index contributed by atoms with van der Waals surface area (Å²) in [7, 11) is 0. The number of isocyanates is 1. The molecule has 0 aromatic carbocycles. The van der Waals surface area contributed by atoms with Gasteiger partial charge in [0.15, 0.2) is 6.04 Å². The fraction of sp³-hybridized carbons (Fsp3) is 0.818. The van der Waals surface area contributed by atoms with Crippen molar-refractivity contribution in [1.29, 1.82) is 0 Å². The van der Waals surface area contributed by atoms with Crippen molar-refractivity contribution < 1.29 is 14.3 Å². The molecule has 0 saturated heterocycles. The zero-order chi connectivity index (χ0) is 12.1. The molecule has 15 heavy (non-hydrogen) atoms. The van der Waals surface area contributed by atoms with Crippen molar-refractivity contribution in [2.24, 2.45) is 10.9 Å². The highest BCUT2D eigenvalue weighted by Crippen LogP contribution is 2.16. The number of aliphatic imine (C=N–C) groups is 1. The highest BCUT2D eigenvalue weighted by atomic mass is 16.6. The fourth-order valence-electron chi connectivity index (χ4n) is 1.05. The van der Waals surface area contributed by atoms with Crippen LogP contribution < -0.4 is 0 Å². The van der Waals surface area contributed by atoms with Crippen LogP contribution in [-0.2, 0) is 14.3 Å². The van der Waals surface area contributed by atoms with Crippen molar-refractivity contribution in [2.75, 3.05) is 0 Å². The molecule has 0 aromatic heterocycles. The number of hydrogen-bond acceptors (Lipinski definition) is 4. The maximum absolute atomic E-state index is 11.7. The second-order valence-electron chi connectivity index (χ2n) is 4.58. The zero-order valence-electron chi connectivity index (χ0n) is 10.0. The van der Waals surface area contributed by atoms with Crippen LogP contribution in [-0.4, -0.2) is 23.7 Å². The molecule has 0 fully saturated rings. The van der Waals surface area contributed by atoms with Crippen molar-refractivity contribution in [2.45, 2.75) is 52.7 Å². The van der Waals surface area contributed by atoms with Gasteiger partial charge in [-0.3, -0.25) is 0 Å². The van der Waals surface area contributed by atoms with Crippen LogP contribution in [0.1, 0.15) is 41.0 Å². The number of hydrogen-bond donors (Lipinski definition) is 0. The predicted octanol–water partition coefficient (Wildman–Crippen LogP) is 2.08. The Kier molecular flexibility index (Phi) is 5.23. The Labute approximate surface area is 90.7 Å². The Bertz CT molecular complexity index is 261. The molecule has 2 atom stereocenters. The summed E-state index contributed by atoms with van der Waals surface area (Å²) < 4.78 is 5.16. The highest BCUT2D eigenvalue weighted by Gasteiger charge is 2.28. The van der Waals surface area contributed by atoms with E-state index in [0.717, 1.165) is 6.42 Å². The van der Waals surface area contributed by atoms with Crippen molar-refractivity contribution in [3.63, 3.8) is 0 Å². The van der Waals surface area contributed by atoms with E-state index in [-0.39, 0.29) is 5.92 Å². The Morgan fingerprint density at radius 3 is 2.33 bits per heavy atom. The third-order valence-corrected chi connectivity index (χ3v) is 2.02. The van der Waals surface area contributed by atoms with E-state index in [4.69, 9.17) is 4.74 Å². The van der Waals surface area contributed by atoms with Gasteiger partial charge in [0.05, 0.1) is 0 Å². The van der Waals surface area contributed by atoms with Gasteiger partial charge in [-0.25, -0.2) is 9.59 Å². The molecular weight excluding hydrogens is 194 g/mol. The lowest BCUT2D eigenvalue weighted by molar-refractivity contribution is -0.157. The third kappa shape index (κ3) is 5.33. The van der Waals surface area contributed by atoms with E-state index in [1.54, 1.807) is 20.8 Å². The normalized spacial score (nSPS) is 15.0. The van der Waals surface area contributed by atoms with Crippen LogP contribution in [0.25, 0.3) is 0 Å². The molecule has 0 aromatic rings. The maximum Gasteiger partial charge on any atom is 0.332 e. The van der Waals surface area contributed by atoms with Crippen LogP contribution in [0.2, 0.25) is 0 Å². The minimum atomic E-state index is -0.730. The van der Waals surface area contributed by atoms with Gasteiger partial charge in [0, 0.05) is 0 Å². The molecule has 0 aliphatic carbocycles. The summed E-state index contributed by atoms with van der Waals surface area (Å²) in [5.41, 5.74) is -0.554. The molecule has 0 heterocycles. The van der Waals surface area contributed by atoms with Crippen molar-refractivity contribution in [1.82, 2.24) is 0 Å². The molecule has 0 saturated carbocycles. The van der Waals surface area contributed by atoms with Gasteiger partial charge in [-0.2, -0.15) is 4.99 Å². The predicted molar refractivity (Wildman–Crippen MR) is 57.2 cm³/mol. The highest BCUT2D eigenvalue weighted by molar-refractivity contribution is 5.77. The van der Waals surface area contributed by atoms with Gasteiger partial charge in [-0.15, -0.1) is 0 Å². The van der Waals surface area contributed by atoms with Crippen LogP contribution in [0.5, 0.6) is 0 Å². The first kappa shape index (κ1) is 13.8. The summed E-state index contributed by atoms with van der Waals surface area (Å²) in [5, 5.41) is 0. The molecular formula is C11H19NO3. The number of nitrogens with zero attached hydrogens (tertiary/aromatic N) is 1. The van der Waals surface area contributed by atoms with Gasteiger partial charge in [0.2, 0.25) is 6.08 Å². The Morgan fingerprint density at radius 2 is 2.00 bits per heavy atom.